The number of carboxylic acid groups (broad SMARTS) is 1. The van der Waals surface area contributed by atoms with E-state index in [0.717, 1.165) is 5.52 Å². The number of nitrogens with zero attached hydrogens (tertiary/aromatic N) is 1. The van der Waals surface area contributed by atoms with Gasteiger partial charge in [-0.3, -0.25) is 0 Å². The normalized spacial score (nSPS) is 16.4. The molecule has 1 aliphatic heterocycles. The summed E-state index contributed by atoms with van der Waals surface area (Å²) in [5.41, 5.74) is 2.11. The quantitative estimate of drug-likeness (QED) is 0.516. The summed E-state index contributed by atoms with van der Waals surface area (Å²) in [5.74, 6) is -3.01. The second-order valence-electron chi connectivity index (χ2n) is 6.14. The van der Waals surface area contributed by atoms with Crippen LogP contribution in [-0.4, -0.2) is 27.6 Å². The van der Waals surface area contributed by atoms with E-state index in [4.69, 9.17) is 4.74 Å². The number of rotatable bonds is 2. The molecule has 0 atom stereocenters. The minimum atomic E-state index is -1.28. The van der Waals surface area contributed by atoms with Gasteiger partial charge in [-0.25, -0.2) is 14.4 Å². The third-order valence-electron chi connectivity index (χ3n) is 4.46. The molecule has 0 radical (unpaired) electrons. The van der Waals surface area contributed by atoms with Crippen LogP contribution in [0.25, 0.3) is 16.5 Å². The van der Waals surface area contributed by atoms with E-state index >= 15 is 0 Å². The fourth-order valence-corrected chi connectivity index (χ4v) is 3.25. The summed E-state index contributed by atoms with van der Waals surface area (Å²) in [6, 6.07) is 7.32. The molecule has 25 heavy (non-hydrogen) atoms. The van der Waals surface area contributed by atoms with Crippen molar-refractivity contribution in [3.05, 3.63) is 52.2 Å². The summed E-state index contributed by atoms with van der Waals surface area (Å²) in [4.78, 5) is 36.4. The van der Waals surface area contributed by atoms with Crippen LogP contribution in [0.2, 0.25) is 0 Å². The molecule has 2 aromatic rings. The number of esters is 2. The van der Waals surface area contributed by atoms with Crippen molar-refractivity contribution >= 4 is 34.4 Å². The van der Waals surface area contributed by atoms with Gasteiger partial charge < -0.3 is 14.4 Å². The van der Waals surface area contributed by atoms with Gasteiger partial charge in [-0.05, 0) is 26.8 Å². The lowest BCUT2D eigenvalue weighted by molar-refractivity contribution is -0.150. The molecule has 0 amide bonds. The standard InChI is InChI=1S/C19H17NO5/c1-9(2)13-16(19(24)25-18(13)23)15(17(21)22)14-10(3)20(4)12-8-6-5-7-11(12)14/h5-8H,1-4H3,(H,21,22)/b16-15-. The number of benzene rings is 1. The molecule has 1 saturated heterocycles. The van der Waals surface area contributed by atoms with Crippen LogP contribution in [0.5, 0.6) is 0 Å². The maximum atomic E-state index is 12.3. The third-order valence-corrected chi connectivity index (χ3v) is 4.46. The second-order valence-corrected chi connectivity index (χ2v) is 6.14. The number of allylic oxidation sites excluding steroid dienone is 1. The summed E-state index contributed by atoms with van der Waals surface area (Å²) in [5, 5.41) is 10.6. The van der Waals surface area contributed by atoms with Gasteiger partial charge in [-0.15, -0.1) is 0 Å². The predicted octanol–water partition coefficient (Wildman–Crippen LogP) is 2.74. The van der Waals surface area contributed by atoms with Crippen molar-refractivity contribution in [2.45, 2.75) is 20.8 Å². The number of para-hydroxylation sites is 1. The summed E-state index contributed by atoms with van der Waals surface area (Å²) < 4.78 is 6.55. The Kier molecular flexibility index (Phi) is 3.83. The Hall–Kier alpha value is -3.15. The molecule has 1 aliphatic rings. The zero-order chi connectivity index (χ0) is 18.5. The van der Waals surface area contributed by atoms with E-state index in [1.807, 2.05) is 23.7 Å². The van der Waals surface area contributed by atoms with Gasteiger partial charge in [0.05, 0.1) is 16.7 Å². The van der Waals surface area contributed by atoms with Crippen LogP contribution >= 0.6 is 0 Å². The molecule has 1 aromatic heterocycles. The maximum Gasteiger partial charge on any atom is 0.347 e. The average Bonchev–Trinajstić information content (AvgIpc) is 2.97. The molecule has 6 nitrogen and oxygen atoms in total. The Morgan fingerprint density at radius 3 is 2.28 bits per heavy atom. The molecule has 1 fully saturated rings. The van der Waals surface area contributed by atoms with Crippen molar-refractivity contribution in [1.82, 2.24) is 4.57 Å². The number of cyclic esters (lactones) is 2. The number of fused-ring (bicyclic) bond motifs is 1. The van der Waals surface area contributed by atoms with Gasteiger partial charge in [0.15, 0.2) is 0 Å². The molecule has 6 heteroatoms. The summed E-state index contributed by atoms with van der Waals surface area (Å²) in [7, 11) is 1.82. The van der Waals surface area contributed by atoms with E-state index < -0.39 is 17.9 Å². The lowest BCUT2D eigenvalue weighted by Gasteiger charge is -2.08. The summed E-state index contributed by atoms with van der Waals surface area (Å²) >= 11 is 0. The molecular weight excluding hydrogens is 322 g/mol. The van der Waals surface area contributed by atoms with Crippen LogP contribution < -0.4 is 0 Å². The fraction of sp³-hybridized carbons (Fsp3) is 0.211. The molecule has 0 spiro atoms. The average molecular weight is 339 g/mol. The second kappa shape index (κ2) is 5.73. The Morgan fingerprint density at radius 1 is 1.08 bits per heavy atom. The van der Waals surface area contributed by atoms with E-state index in [0.29, 0.717) is 22.2 Å². The lowest BCUT2D eigenvalue weighted by Crippen LogP contribution is -2.10. The number of carboxylic acids is 1. The number of carbonyl (C=O) groups excluding carboxylic acids is 2. The highest BCUT2D eigenvalue weighted by Crippen LogP contribution is 2.38. The number of aryl methyl sites for hydroxylation is 1. The minimum Gasteiger partial charge on any atom is -0.478 e. The van der Waals surface area contributed by atoms with Gasteiger partial charge in [0, 0.05) is 29.2 Å². The highest BCUT2D eigenvalue weighted by Gasteiger charge is 2.40. The molecular formula is C19H17NO5. The Bertz CT molecular complexity index is 1020. The Morgan fingerprint density at radius 2 is 1.68 bits per heavy atom. The van der Waals surface area contributed by atoms with Crippen molar-refractivity contribution < 1.29 is 24.2 Å². The first kappa shape index (κ1) is 16.7. The number of ether oxygens (including phenoxy) is 1. The summed E-state index contributed by atoms with van der Waals surface area (Å²) in [6.45, 7) is 5.07. The topological polar surface area (TPSA) is 85.6 Å². The molecule has 128 valence electrons. The van der Waals surface area contributed by atoms with E-state index in [9.17, 15) is 19.5 Å². The van der Waals surface area contributed by atoms with E-state index in [1.54, 1.807) is 32.9 Å². The van der Waals surface area contributed by atoms with Crippen LogP contribution in [0.3, 0.4) is 0 Å². The van der Waals surface area contributed by atoms with E-state index in [-0.39, 0.29) is 16.7 Å². The van der Waals surface area contributed by atoms with Gasteiger partial charge in [-0.1, -0.05) is 23.8 Å². The SMILES string of the molecule is CC(C)=C1C(=O)OC(=O)/C1=C(\C(=O)O)c1c(C)n(C)c2ccccc12. The highest BCUT2D eigenvalue weighted by atomic mass is 16.6. The van der Waals surface area contributed by atoms with Crippen molar-refractivity contribution in [2.75, 3.05) is 0 Å². The van der Waals surface area contributed by atoms with Crippen molar-refractivity contribution in [3.63, 3.8) is 0 Å². The van der Waals surface area contributed by atoms with Crippen molar-refractivity contribution in [1.29, 1.82) is 0 Å². The summed E-state index contributed by atoms with van der Waals surface area (Å²) in [6.07, 6.45) is 0. The number of hydrogen-bond acceptors (Lipinski definition) is 4. The molecule has 1 aromatic carbocycles. The predicted molar refractivity (Wildman–Crippen MR) is 91.7 cm³/mol. The highest BCUT2D eigenvalue weighted by molar-refractivity contribution is 6.32. The van der Waals surface area contributed by atoms with E-state index in [2.05, 4.69) is 0 Å². The first-order chi connectivity index (χ1) is 11.8. The molecule has 1 N–H and O–H groups in total. The Labute approximate surface area is 144 Å². The van der Waals surface area contributed by atoms with Crippen LogP contribution in [-0.2, 0) is 26.2 Å². The first-order valence-corrected chi connectivity index (χ1v) is 7.72. The number of aliphatic carboxylic acids is 1. The zero-order valence-corrected chi connectivity index (χ0v) is 14.3. The number of hydrogen-bond donors (Lipinski definition) is 1. The minimum absolute atomic E-state index is 0.0229. The van der Waals surface area contributed by atoms with Gasteiger partial charge in [0.1, 0.15) is 0 Å². The van der Waals surface area contributed by atoms with Crippen LogP contribution in [0.1, 0.15) is 25.1 Å². The number of aromatic nitrogens is 1. The van der Waals surface area contributed by atoms with Gasteiger partial charge in [0.25, 0.3) is 0 Å². The van der Waals surface area contributed by atoms with Crippen molar-refractivity contribution in [2.24, 2.45) is 7.05 Å². The molecule has 0 unspecified atom stereocenters. The third kappa shape index (κ3) is 2.38. The van der Waals surface area contributed by atoms with Gasteiger partial charge in [0.2, 0.25) is 0 Å². The van der Waals surface area contributed by atoms with Gasteiger partial charge in [-0.2, -0.15) is 0 Å². The van der Waals surface area contributed by atoms with Gasteiger partial charge >= 0.3 is 17.9 Å². The van der Waals surface area contributed by atoms with Crippen LogP contribution in [0.4, 0.5) is 0 Å². The van der Waals surface area contributed by atoms with Crippen LogP contribution in [0, 0.1) is 6.92 Å². The zero-order valence-electron chi connectivity index (χ0n) is 14.3. The monoisotopic (exact) mass is 339 g/mol. The molecule has 2 heterocycles. The molecule has 3 rings (SSSR count). The Balaban J connectivity index is 2.50. The molecule has 0 bridgehead atoms. The maximum absolute atomic E-state index is 12.3. The van der Waals surface area contributed by atoms with Crippen molar-refractivity contribution in [3.8, 4) is 0 Å². The largest absolute Gasteiger partial charge is 0.478 e. The smallest absolute Gasteiger partial charge is 0.347 e. The fourth-order valence-electron chi connectivity index (χ4n) is 3.25. The van der Waals surface area contributed by atoms with E-state index in [1.165, 1.54) is 0 Å². The molecule has 0 aliphatic carbocycles. The lowest BCUT2D eigenvalue weighted by atomic mass is 9.92. The molecule has 0 saturated carbocycles. The first-order valence-electron chi connectivity index (χ1n) is 7.72. The van der Waals surface area contributed by atoms with Crippen LogP contribution in [0.15, 0.2) is 41.0 Å². The number of carbonyl (C=O) groups is 3.